The molecular formula is C13H15ClO2. The number of ether oxygens (including phenoxy) is 1. The zero-order valence-corrected chi connectivity index (χ0v) is 9.87. The fraction of sp³-hybridized carbons (Fsp3) is 0.462. The van der Waals surface area contributed by atoms with E-state index in [1.807, 2.05) is 24.3 Å². The van der Waals surface area contributed by atoms with Crippen molar-refractivity contribution in [3.63, 3.8) is 0 Å². The smallest absolute Gasteiger partial charge is 0.133 e. The molecular weight excluding hydrogens is 224 g/mol. The Balaban J connectivity index is 1.79. The van der Waals surface area contributed by atoms with Gasteiger partial charge >= 0.3 is 0 Å². The minimum atomic E-state index is 0.244. The topological polar surface area (TPSA) is 26.3 Å². The van der Waals surface area contributed by atoms with Crippen molar-refractivity contribution in [1.82, 2.24) is 0 Å². The predicted octanol–water partition coefficient (Wildman–Crippen LogP) is 3.37. The quantitative estimate of drug-likeness (QED) is 0.807. The molecule has 3 heteroatoms. The van der Waals surface area contributed by atoms with Crippen molar-refractivity contribution >= 4 is 17.4 Å². The lowest BCUT2D eigenvalue weighted by Crippen LogP contribution is -2.21. The van der Waals surface area contributed by atoms with E-state index < -0.39 is 0 Å². The van der Waals surface area contributed by atoms with Crippen molar-refractivity contribution in [1.29, 1.82) is 0 Å². The van der Waals surface area contributed by atoms with Gasteiger partial charge < -0.3 is 4.74 Å². The van der Waals surface area contributed by atoms with Gasteiger partial charge in [-0.3, -0.25) is 4.79 Å². The number of rotatable bonds is 3. The minimum Gasteiger partial charge on any atom is -0.374 e. The highest BCUT2D eigenvalue weighted by Gasteiger charge is 2.18. The van der Waals surface area contributed by atoms with Crippen LogP contribution < -0.4 is 0 Å². The third-order valence-corrected chi connectivity index (χ3v) is 3.14. The maximum absolute atomic E-state index is 11.1. The molecule has 1 aromatic carbocycles. The Kier molecular flexibility index (Phi) is 3.97. The summed E-state index contributed by atoms with van der Waals surface area (Å²) in [4.78, 5) is 11.1. The van der Waals surface area contributed by atoms with Crippen LogP contribution in [0.3, 0.4) is 0 Å². The Morgan fingerprint density at radius 2 is 1.81 bits per heavy atom. The van der Waals surface area contributed by atoms with Gasteiger partial charge in [0.1, 0.15) is 5.78 Å². The monoisotopic (exact) mass is 238 g/mol. The largest absolute Gasteiger partial charge is 0.374 e. The highest BCUT2D eigenvalue weighted by molar-refractivity contribution is 6.30. The van der Waals surface area contributed by atoms with Gasteiger partial charge in [0.25, 0.3) is 0 Å². The first-order chi connectivity index (χ1) is 7.74. The van der Waals surface area contributed by atoms with Crippen molar-refractivity contribution < 1.29 is 9.53 Å². The molecule has 0 aromatic heterocycles. The molecule has 16 heavy (non-hydrogen) atoms. The van der Waals surface area contributed by atoms with E-state index in [0.717, 1.165) is 23.4 Å². The summed E-state index contributed by atoms with van der Waals surface area (Å²) in [6.07, 6.45) is 3.32. The van der Waals surface area contributed by atoms with Crippen LogP contribution in [0, 0.1) is 0 Å². The molecule has 0 aliphatic heterocycles. The first kappa shape index (κ1) is 11.6. The molecule has 0 N–H and O–H groups in total. The molecule has 0 saturated heterocycles. The Hall–Kier alpha value is -0.860. The molecule has 1 aliphatic carbocycles. The average Bonchev–Trinajstić information content (AvgIpc) is 2.30. The van der Waals surface area contributed by atoms with Crippen molar-refractivity contribution in [2.45, 2.75) is 38.4 Å². The minimum absolute atomic E-state index is 0.244. The van der Waals surface area contributed by atoms with Crippen LogP contribution in [0.2, 0.25) is 5.02 Å². The highest BCUT2D eigenvalue weighted by Crippen LogP contribution is 2.19. The van der Waals surface area contributed by atoms with Crippen LogP contribution in [0.1, 0.15) is 31.2 Å². The van der Waals surface area contributed by atoms with Gasteiger partial charge in [0.15, 0.2) is 0 Å². The second-order valence-electron chi connectivity index (χ2n) is 4.18. The van der Waals surface area contributed by atoms with Gasteiger partial charge in [-0.25, -0.2) is 0 Å². The molecule has 1 saturated carbocycles. The molecule has 1 aromatic rings. The fourth-order valence-corrected chi connectivity index (χ4v) is 2.00. The second kappa shape index (κ2) is 5.46. The van der Waals surface area contributed by atoms with Gasteiger partial charge in [-0.1, -0.05) is 23.7 Å². The molecule has 2 nitrogen and oxygen atoms in total. The molecule has 0 amide bonds. The highest BCUT2D eigenvalue weighted by atomic mass is 35.5. The van der Waals surface area contributed by atoms with Crippen molar-refractivity contribution in [2.75, 3.05) is 0 Å². The Labute approximate surface area is 101 Å². The van der Waals surface area contributed by atoms with Gasteiger partial charge in [0.05, 0.1) is 12.7 Å². The van der Waals surface area contributed by atoms with Gasteiger partial charge in [0.2, 0.25) is 0 Å². The first-order valence-corrected chi connectivity index (χ1v) is 5.99. The number of carbonyl (C=O) groups excluding carboxylic acids is 1. The van der Waals surface area contributed by atoms with Crippen LogP contribution in [0.25, 0.3) is 0 Å². The average molecular weight is 239 g/mol. The Bertz CT molecular complexity index is 349. The lowest BCUT2D eigenvalue weighted by Gasteiger charge is -2.21. The van der Waals surface area contributed by atoms with E-state index in [2.05, 4.69) is 0 Å². The van der Waals surface area contributed by atoms with Crippen LogP contribution >= 0.6 is 11.6 Å². The SMILES string of the molecule is O=C1CCC(OCc2ccc(Cl)cc2)CC1. The number of benzene rings is 1. The van der Waals surface area contributed by atoms with E-state index >= 15 is 0 Å². The molecule has 86 valence electrons. The van der Waals surface area contributed by atoms with E-state index in [1.165, 1.54) is 0 Å². The first-order valence-electron chi connectivity index (χ1n) is 5.62. The summed E-state index contributed by atoms with van der Waals surface area (Å²) in [5.74, 6) is 0.367. The molecule has 0 bridgehead atoms. The molecule has 2 rings (SSSR count). The third-order valence-electron chi connectivity index (χ3n) is 2.89. The molecule has 0 heterocycles. The molecule has 0 unspecified atom stereocenters. The zero-order valence-electron chi connectivity index (χ0n) is 9.12. The van der Waals surface area contributed by atoms with E-state index in [9.17, 15) is 4.79 Å². The van der Waals surface area contributed by atoms with E-state index in [4.69, 9.17) is 16.3 Å². The van der Waals surface area contributed by atoms with Crippen LogP contribution in [0.15, 0.2) is 24.3 Å². The number of hydrogen-bond donors (Lipinski definition) is 0. The van der Waals surface area contributed by atoms with Crippen molar-refractivity contribution in [3.05, 3.63) is 34.9 Å². The van der Waals surface area contributed by atoms with E-state index in [0.29, 0.717) is 25.2 Å². The summed E-state index contributed by atoms with van der Waals surface area (Å²) in [7, 11) is 0. The van der Waals surface area contributed by atoms with Crippen molar-refractivity contribution in [2.24, 2.45) is 0 Å². The van der Waals surface area contributed by atoms with Crippen LogP contribution in [-0.4, -0.2) is 11.9 Å². The molecule has 1 fully saturated rings. The van der Waals surface area contributed by atoms with Gasteiger partial charge in [-0.15, -0.1) is 0 Å². The summed E-state index contributed by atoms with van der Waals surface area (Å²) in [5, 5.41) is 0.743. The zero-order chi connectivity index (χ0) is 11.4. The van der Waals surface area contributed by atoms with Crippen LogP contribution in [0.5, 0.6) is 0 Å². The number of ketones is 1. The van der Waals surface area contributed by atoms with Gasteiger partial charge in [-0.05, 0) is 30.5 Å². The number of Topliss-reactive ketones (excluding diaryl/α,β-unsaturated/α-hetero) is 1. The Morgan fingerprint density at radius 3 is 2.44 bits per heavy atom. The number of halogens is 1. The lowest BCUT2D eigenvalue weighted by atomic mass is 9.96. The number of carbonyl (C=O) groups is 1. The van der Waals surface area contributed by atoms with Crippen LogP contribution in [-0.2, 0) is 16.1 Å². The number of hydrogen-bond acceptors (Lipinski definition) is 2. The Morgan fingerprint density at radius 1 is 1.19 bits per heavy atom. The normalized spacial score (nSPS) is 17.7. The summed E-state index contributed by atoms with van der Waals surface area (Å²) < 4.78 is 5.76. The summed E-state index contributed by atoms with van der Waals surface area (Å²) in [6, 6.07) is 7.67. The molecule has 0 radical (unpaired) electrons. The predicted molar refractivity (Wildman–Crippen MR) is 63.5 cm³/mol. The second-order valence-corrected chi connectivity index (χ2v) is 4.61. The molecule has 0 spiro atoms. The summed E-state index contributed by atoms with van der Waals surface area (Å²) in [5.41, 5.74) is 1.13. The van der Waals surface area contributed by atoms with Crippen molar-refractivity contribution in [3.8, 4) is 0 Å². The maximum Gasteiger partial charge on any atom is 0.133 e. The molecule has 1 aliphatic rings. The molecule has 0 atom stereocenters. The summed E-state index contributed by atoms with van der Waals surface area (Å²) in [6.45, 7) is 0.607. The fourth-order valence-electron chi connectivity index (χ4n) is 1.87. The third kappa shape index (κ3) is 3.32. The lowest BCUT2D eigenvalue weighted by molar-refractivity contribution is -0.123. The maximum atomic E-state index is 11.1. The van der Waals surface area contributed by atoms with Crippen LogP contribution in [0.4, 0.5) is 0 Å². The van der Waals surface area contributed by atoms with E-state index in [-0.39, 0.29) is 6.10 Å². The van der Waals surface area contributed by atoms with E-state index in [1.54, 1.807) is 0 Å². The van der Waals surface area contributed by atoms with Gasteiger partial charge in [0, 0.05) is 17.9 Å². The van der Waals surface area contributed by atoms with Gasteiger partial charge in [-0.2, -0.15) is 0 Å². The standard InChI is InChI=1S/C13H15ClO2/c14-11-3-1-10(2-4-11)9-16-13-7-5-12(15)6-8-13/h1-4,13H,5-9H2. The summed E-state index contributed by atoms with van der Waals surface area (Å²) >= 11 is 5.80.